The van der Waals surface area contributed by atoms with Crippen LogP contribution in [0.3, 0.4) is 0 Å². The maximum atomic E-state index is 2.88. The molecular weight excluding hydrogens is 723 g/mol. The molecule has 4 aromatic carbocycles. The Morgan fingerprint density at radius 3 is 1.51 bits per heavy atom. The first-order valence-corrected chi connectivity index (χ1v) is 36.3. The molecule has 0 nitrogen and oxygen atoms in total. The van der Waals surface area contributed by atoms with Gasteiger partial charge in [0, 0.05) is 0 Å². The van der Waals surface area contributed by atoms with Crippen molar-refractivity contribution >= 4 is 17.6 Å². The molecule has 0 saturated carbocycles. The van der Waals surface area contributed by atoms with Crippen molar-refractivity contribution in [2.75, 3.05) is 0 Å². The first-order chi connectivity index (χ1) is 21.5. The summed E-state index contributed by atoms with van der Waals surface area (Å²) < 4.78 is 6.89. The van der Waals surface area contributed by atoms with E-state index in [9.17, 15) is 0 Å². The minimum absolute atomic E-state index is 0.527. The van der Waals surface area contributed by atoms with E-state index in [-0.39, 0.29) is 0 Å². The summed E-state index contributed by atoms with van der Waals surface area (Å²) in [4.78, 5) is 0. The van der Waals surface area contributed by atoms with E-state index in [1.165, 1.54) is 63.4 Å². The van der Waals surface area contributed by atoms with Gasteiger partial charge in [-0.1, -0.05) is 0 Å². The van der Waals surface area contributed by atoms with Crippen molar-refractivity contribution in [2.45, 2.75) is 88.6 Å². The Morgan fingerprint density at radius 1 is 0.644 bits per heavy atom. The van der Waals surface area contributed by atoms with Gasteiger partial charge >= 0.3 is 276 Å². The number of hydrogen-bond acceptors (Lipinski definition) is 0. The van der Waals surface area contributed by atoms with Crippen molar-refractivity contribution in [1.82, 2.24) is 0 Å². The van der Waals surface area contributed by atoms with Gasteiger partial charge in [-0.2, -0.15) is 0 Å². The van der Waals surface area contributed by atoms with Gasteiger partial charge in [-0.05, 0) is 0 Å². The minimum atomic E-state index is -3.82. The average molecular weight is 775 g/mol. The third-order valence-electron chi connectivity index (χ3n) is 11.8. The first kappa shape index (κ1) is 32.4. The quantitative estimate of drug-likeness (QED) is 0.149. The third-order valence-corrected chi connectivity index (χ3v) is 69.7. The molecule has 2 aliphatic rings. The molecule has 2 unspecified atom stereocenters. The molecule has 0 saturated heterocycles. The number of unbranched alkanes of at least 4 members (excludes halogenated alkanes) is 1. The maximum absolute atomic E-state index is 3.82. The Balaban J connectivity index is 1.51. The van der Waals surface area contributed by atoms with E-state index in [0.29, 0.717) is 19.2 Å². The third kappa shape index (κ3) is 5.59. The zero-order valence-electron chi connectivity index (χ0n) is 28.8. The zero-order valence-corrected chi connectivity index (χ0v) is 33.4. The SMILES string of the molecule is CCCC[Si](C)=[Hf]([CH3])([CH3])([CH]1C=Cc2c(-c3cccc(C(C)C)c3)cccc21)[CH]1C=Cc2c(-c3cccc(C(C)C)c3)cccc21. The average Bonchev–Trinajstić information content (AvgIpc) is 3.70. The van der Waals surface area contributed by atoms with Gasteiger partial charge < -0.3 is 0 Å². The van der Waals surface area contributed by atoms with Crippen LogP contribution in [0.5, 0.6) is 0 Å². The van der Waals surface area contributed by atoms with Crippen molar-refractivity contribution in [3.8, 4) is 22.3 Å². The number of allylic oxidation sites excluding steroid dienone is 2. The molecular formula is C43H52HfSi. The van der Waals surface area contributed by atoms with Crippen LogP contribution in [0.1, 0.15) is 100 Å². The van der Waals surface area contributed by atoms with E-state index in [1.807, 2.05) is 0 Å². The molecule has 0 spiro atoms. The van der Waals surface area contributed by atoms with Gasteiger partial charge in [0.2, 0.25) is 0 Å². The van der Waals surface area contributed by atoms with E-state index < -0.39 is 22.6 Å². The molecule has 2 atom stereocenters. The summed E-state index contributed by atoms with van der Waals surface area (Å²) in [7, 11) is 0. The van der Waals surface area contributed by atoms with Crippen molar-refractivity contribution in [3.05, 3.63) is 130 Å². The molecule has 0 aliphatic heterocycles. The fourth-order valence-electron chi connectivity index (χ4n) is 8.42. The molecule has 0 aromatic heterocycles. The molecule has 0 heterocycles. The normalized spacial score (nSPS) is 17.3. The monoisotopic (exact) mass is 776 g/mol. The second-order valence-electron chi connectivity index (χ2n) is 15.3. The van der Waals surface area contributed by atoms with Crippen LogP contribution in [0.2, 0.25) is 22.0 Å². The van der Waals surface area contributed by atoms with E-state index >= 15 is 0 Å². The van der Waals surface area contributed by atoms with E-state index in [2.05, 4.69) is 160 Å². The molecule has 2 heteroatoms. The zero-order chi connectivity index (χ0) is 32.0. The van der Waals surface area contributed by atoms with E-state index in [0.717, 1.165) is 0 Å². The molecule has 232 valence electrons. The van der Waals surface area contributed by atoms with Gasteiger partial charge in [0.05, 0.1) is 0 Å². The summed E-state index contributed by atoms with van der Waals surface area (Å²) in [5.74, 6) is 1.05. The Morgan fingerprint density at radius 2 is 1.09 bits per heavy atom. The Bertz CT molecular complexity index is 1750. The van der Waals surface area contributed by atoms with E-state index in [1.54, 1.807) is 11.1 Å². The van der Waals surface area contributed by atoms with Crippen molar-refractivity contribution in [3.63, 3.8) is 0 Å². The molecule has 4 aromatic rings. The summed E-state index contributed by atoms with van der Waals surface area (Å²) in [5.41, 5.74) is 13.9. The van der Waals surface area contributed by atoms with Crippen LogP contribution in [0, 0.1) is 0 Å². The Kier molecular flexibility index (Phi) is 9.05. The number of rotatable bonds is 9. The summed E-state index contributed by atoms with van der Waals surface area (Å²) in [6.45, 7) is 14.3. The standard InChI is InChI=1S/2C18H17.C5H12Si.2CH3.Hf/c2*1-13(2)15-8-3-9-16(12-15)18-11-5-7-14-6-4-10-17(14)18;1-3-4-5-6-2;;;/h2*3-13H,1-2H3;3-5H2,1-2H3;2*1H3;. The molecule has 0 N–H and O–H groups in total. The van der Waals surface area contributed by atoms with Crippen LogP contribution in [-0.2, 0) is 17.1 Å². The number of benzene rings is 4. The van der Waals surface area contributed by atoms with Crippen molar-refractivity contribution in [2.24, 2.45) is 0 Å². The fourth-order valence-corrected chi connectivity index (χ4v) is 52.1. The summed E-state index contributed by atoms with van der Waals surface area (Å²) in [6, 6.07) is 34.3. The predicted octanol–water partition coefficient (Wildman–Crippen LogP) is 13.3. The van der Waals surface area contributed by atoms with Gasteiger partial charge in [-0.25, -0.2) is 0 Å². The molecule has 0 amide bonds. The molecule has 45 heavy (non-hydrogen) atoms. The number of hydrogen-bond donors (Lipinski definition) is 0. The van der Waals surface area contributed by atoms with Crippen LogP contribution in [0.25, 0.3) is 34.4 Å². The molecule has 6 rings (SSSR count). The topological polar surface area (TPSA) is 0 Å². The first-order valence-electron chi connectivity index (χ1n) is 17.4. The van der Waals surface area contributed by atoms with Gasteiger partial charge in [0.15, 0.2) is 0 Å². The van der Waals surface area contributed by atoms with Crippen LogP contribution in [-0.4, -0.2) is 5.49 Å². The van der Waals surface area contributed by atoms with Gasteiger partial charge in [-0.3, -0.25) is 0 Å². The Hall–Kier alpha value is -2.55. The van der Waals surface area contributed by atoms with Crippen LogP contribution in [0.4, 0.5) is 0 Å². The van der Waals surface area contributed by atoms with Crippen LogP contribution in [0.15, 0.2) is 97.1 Å². The second kappa shape index (κ2) is 12.6. The molecule has 0 fully saturated rings. The fraction of sp³-hybridized carbons (Fsp3) is 0.349. The summed E-state index contributed by atoms with van der Waals surface area (Å²) >= 11 is -3.82. The van der Waals surface area contributed by atoms with Crippen LogP contribution < -0.4 is 0 Å². The summed E-state index contributed by atoms with van der Waals surface area (Å²) in [5, 5.41) is 0. The molecule has 0 bridgehead atoms. The number of fused-ring (bicyclic) bond motifs is 2. The summed E-state index contributed by atoms with van der Waals surface area (Å²) in [6.07, 6.45) is 13.0. The molecule has 0 radical (unpaired) electrons. The van der Waals surface area contributed by atoms with Crippen LogP contribution >= 0.6 is 0 Å². The Labute approximate surface area is 274 Å². The predicted molar refractivity (Wildman–Crippen MR) is 199 cm³/mol. The van der Waals surface area contributed by atoms with Gasteiger partial charge in [-0.15, -0.1) is 0 Å². The van der Waals surface area contributed by atoms with Crippen molar-refractivity contribution < 1.29 is 17.1 Å². The van der Waals surface area contributed by atoms with Gasteiger partial charge in [0.25, 0.3) is 0 Å². The molecule has 2 aliphatic carbocycles. The second-order valence-corrected chi connectivity index (χ2v) is 62.7. The van der Waals surface area contributed by atoms with Crippen molar-refractivity contribution in [1.29, 1.82) is 0 Å². The van der Waals surface area contributed by atoms with Gasteiger partial charge in [0.1, 0.15) is 0 Å². The van der Waals surface area contributed by atoms with E-state index in [4.69, 9.17) is 0 Å².